The summed E-state index contributed by atoms with van der Waals surface area (Å²) in [5.74, 6) is 1.10. The van der Waals surface area contributed by atoms with E-state index >= 15 is 0 Å². The van der Waals surface area contributed by atoms with Crippen LogP contribution in [0.1, 0.15) is 19.3 Å². The molecule has 0 spiro atoms. The molecule has 0 bridgehead atoms. The molecule has 2 N–H and O–H groups in total. The molecular formula is C14H20N4O. The van der Waals surface area contributed by atoms with E-state index in [1.807, 2.05) is 19.2 Å². The molecule has 0 radical (unpaired) electrons. The molecule has 1 aromatic rings. The number of rotatable bonds is 4. The van der Waals surface area contributed by atoms with Gasteiger partial charge >= 0.3 is 0 Å². The minimum Gasteiger partial charge on any atom is -0.367 e. The summed E-state index contributed by atoms with van der Waals surface area (Å²) in [6, 6.07) is 4.44. The molecule has 1 unspecified atom stereocenters. The Morgan fingerprint density at radius 1 is 1.37 bits per heavy atom. The summed E-state index contributed by atoms with van der Waals surface area (Å²) >= 11 is 0. The van der Waals surface area contributed by atoms with Gasteiger partial charge in [0.15, 0.2) is 0 Å². The van der Waals surface area contributed by atoms with Gasteiger partial charge in [-0.3, -0.25) is 4.79 Å². The lowest BCUT2D eigenvalue weighted by Crippen LogP contribution is -2.25. The van der Waals surface area contributed by atoms with Gasteiger partial charge < -0.3 is 15.5 Å². The number of pyridine rings is 1. The van der Waals surface area contributed by atoms with Crippen LogP contribution in [0.25, 0.3) is 0 Å². The summed E-state index contributed by atoms with van der Waals surface area (Å²) in [7, 11) is 2.05. The number of nitrogens with one attached hydrogen (secondary N) is 2. The Kier molecular flexibility index (Phi) is 3.38. The first kappa shape index (κ1) is 12.4. The summed E-state index contributed by atoms with van der Waals surface area (Å²) in [5, 5.41) is 6.27. The first-order valence-corrected chi connectivity index (χ1v) is 6.93. The van der Waals surface area contributed by atoms with E-state index in [0.29, 0.717) is 6.04 Å². The van der Waals surface area contributed by atoms with Crippen molar-refractivity contribution in [3.63, 3.8) is 0 Å². The lowest BCUT2D eigenvalue weighted by atomic mass is 10.1. The van der Waals surface area contributed by atoms with Crippen LogP contribution >= 0.6 is 0 Å². The van der Waals surface area contributed by atoms with Crippen molar-refractivity contribution in [2.75, 3.05) is 30.8 Å². The van der Waals surface area contributed by atoms with Crippen LogP contribution in [0.4, 0.5) is 11.5 Å². The summed E-state index contributed by atoms with van der Waals surface area (Å²) in [6.45, 7) is 1.85. The largest absolute Gasteiger partial charge is 0.367 e. The van der Waals surface area contributed by atoms with E-state index in [0.717, 1.165) is 31.0 Å². The first-order chi connectivity index (χ1) is 9.20. The second-order valence-electron chi connectivity index (χ2n) is 5.59. The van der Waals surface area contributed by atoms with Gasteiger partial charge in [0.25, 0.3) is 0 Å². The van der Waals surface area contributed by atoms with Crippen LogP contribution in [0.15, 0.2) is 18.3 Å². The SMILES string of the molecule is CN1CCC(C(=O)Nc2ccc(NC3CC3)nc2)C1. The molecule has 1 amide bonds. The molecule has 1 aliphatic carbocycles. The maximum atomic E-state index is 12.1. The number of carbonyl (C=O) groups is 1. The van der Waals surface area contributed by atoms with Crippen LogP contribution in [0, 0.1) is 5.92 Å². The standard InChI is InChI=1S/C14H20N4O/c1-18-7-6-10(9-18)14(19)17-12-4-5-13(15-8-12)16-11-2-3-11/h4-5,8,10-11H,2-3,6-7,9H2,1H3,(H,15,16)(H,17,19). The molecule has 2 fully saturated rings. The molecule has 0 aromatic carbocycles. The van der Waals surface area contributed by atoms with E-state index in [1.54, 1.807) is 6.20 Å². The molecular weight excluding hydrogens is 240 g/mol. The highest BCUT2D eigenvalue weighted by Crippen LogP contribution is 2.24. The monoisotopic (exact) mass is 260 g/mol. The summed E-state index contributed by atoms with van der Waals surface area (Å²) in [4.78, 5) is 18.6. The zero-order valence-electron chi connectivity index (χ0n) is 11.2. The Bertz CT molecular complexity index is 455. The van der Waals surface area contributed by atoms with E-state index in [-0.39, 0.29) is 11.8 Å². The van der Waals surface area contributed by atoms with Gasteiger partial charge in [0.2, 0.25) is 5.91 Å². The normalized spacial score (nSPS) is 23.3. The van der Waals surface area contributed by atoms with Crippen LogP contribution in [0.5, 0.6) is 0 Å². The van der Waals surface area contributed by atoms with E-state index in [1.165, 1.54) is 12.8 Å². The molecule has 1 aliphatic heterocycles. The highest BCUT2D eigenvalue weighted by Gasteiger charge is 2.26. The van der Waals surface area contributed by atoms with Gasteiger partial charge in [-0.1, -0.05) is 0 Å². The fourth-order valence-electron chi connectivity index (χ4n) is 2.38. The topological polar surface area (TPSA) is 57.3 Å². The van der Waals surface area contributed by atoms with E-state index in [2.05, 4.69) is 20.5 Å². The molecule has 19 heavy (non-hydrogen) atoms. The molecule has 1 aromatic heterocycles. The van der Waals surface area contributed by atoms with Crippen molar-refractivity contribution < 1.29 is 4.79 Å². The zero-order chi connectivity index (χ0) is 13.2. The number of carbonyl (C=O) groups excluding carboxylic acids is 1. The van der Waals surface area contributed by atoms with Crippen molar-refractivity contribution in [3.8, 4) is 0 Å². The van der Waals surface area contributed by atoms with E-state index in [4.69, 9.17) is 0 Å². The number of hydrogen-bond donors (Lipinski definition) is 2. The predicted molar refractivity (Wildman–Crippen MR) is 75.1 cm³/mol. The Labute approximate surface area is 113 Å². The van der Waals surface area contributed by atoms with Gasteiger partial charge in [0.05, 0.1) is 17.8 Å². The molecule has 1 saturated carbocycles. The number of likely N-dealkylation sites (tertiary alicyclic amines) is 1. The van der Waals surface area contributed by atoms with Gasteiger partial charge in [0, 0.05) is 12.6 Å². The van der Waals surface area contributed by atoms with Crippen LogP contribution < -0.4 is 10.6 Å². The van der Waals surface area contributed by atoms with Crippen molar-refractivity contribution in [3.05, 3.63) is 18.3 Å². The van der Waals surface area contributed by atoms with Gasteiger partial charge in [-0.05, 0) is 45.0 Å². The van der Waals surface area contributed by atoms with Crippen molar-refractivity contribution in [2.45, 2.75) is 25.3 Å². The lowest BCUT2D eigenvalue weighted by Gasteiger charge is -2.11. The Hall–Kier alpha value is -1.62. The van der Waals surface area contributed by atoms with Crippen molar-refractivity contribution >= 4 is 17.4 Å². The molecule has 5 nitrogen and oxygen atoms in total. The maximum absolute atomic E-state index is 12.1. The third-order valence-corrected chi connectivity index (χ3v) is 3.72. The zero-order valence-corrected chi connectivity index (χ0v) is 11.2. The molecule has 102 valence electrons. The number of nitrogens with zero attached hydrogens (tertiary/aromatic N) is 2. The number of anilines is 2. The Morgan fingerprint density at radius 3 is 2.79 bits per heavy atom. The second kappa shape index (κ2) is 5.17. The van der Waals surface area contributed by atoms with Gasteiger partial charge in [-0.2, -0.15) is 0 Å². The third-order valence-electron chi connectivity index (χ3n) is 3.72. The van der Waals surface area contributed by atoms with Crippen LogP contribution in [0.3, 0.4) is 0 Å². The number of hydrogen-bond acceptors (Lipinski definition) is 4. The summed E-state index contributed by atoms with van der Waals surface area (Å²) < 4.78 is 0. The molecule has 3 rings (SSSR count). The van der Waals surface area contributed by atoms with Gasteiger partial charge in [-0.15, -0.1) is 0 Å². The molecule has 2 aliphatic rings. The van der Waals surface area contributed by atoms with E-state index < -0.39 is 0 Å². The van der Waals surface area contributed by atoms with Crippen molar-refractivity contribution in [1.29, 1.82) is 0 Å². The molecule has 2 heterocycles. The highest BCUT2D eigenvalue weighted by atomic mass is 16.1. The minimum absolute atomic E-state index is 0.106. The van der Waals surface area contributed by atoms with Crippen molar-refractivity contribution in [1.82, 2.24) is 9.88 Å². The maximum Gasteiger partial charge on any atom is 0.228 e. The van der Waals surface area contributed by atoms with Gasteiger partial charge in [0.1, 0.15) is 5.82 Å². The van der Waals surface area contributed by atoms with Crippen LogP contribution in [-0.4, -0.2) is 42.0 Å². The van der Waals surface area contributed by atoms with Crippen LogP contribution in [0.2, 0.25) is 0 Å². The smallest absolute Gasteiger partial charge is 0.228 e. The number of aromatic nitrogens is 1. The molecule has 5 heteroatoms. The highest BCUT2D eigenvalue weighted by molar-refractivity contribution is 5.92. The van der Waals surface area contributed by atoms with Crippen molar-refractivity contribution in [2.24, 2.45) is 5.92 Å². The average Bonchev–Trinajstić information content (AvgIpc) is 3.11. The Balaban J connectivity index is 1.55. The second-order valence-corrected chi connectivity index (χ2v) is 5.59. The average molecular weight is 260 g/mol. The summed E-state index contributed by atoms with van der Waals surface area (Å²) in [5.41, 5.74) is 0.779. The quantitative estimate of drug-likeness (QED) is 0.862. The fourth-order valence-corrected chi connectivity index (χ4v) is 2.38. The van der Waals surface area contributed by atoms with E-state index in [9.17, 15) is 4.79 Å². The number of amides is 1. The lowest BCUT2D eigenvalue weighted by molar-refractivity contribution is -0.119. The predicted octanol–water partition coefficient (Wildman–Crippen LogP) is 1.55. The third kappa shape index (κ3) is 3.23. The van der Waals surface area contributed by atoms with Crippen LogP contribution in [-0.2, 0) is 4.79 Å². The Morgan fingerprint density at radius 2 is 2.21 bits per heavy atom. The summed E-state index contributed by atoms with van der Waals surface area (Å²) in [6.07, 6.45) is 5.13. The van der Waals surface area contributed by atoms with Gasteiger partial charge in [-0.25, -0.2) is 4.98 Å². The minimum atomic E-state index is 0.106. The molecule has 1 atom stereocenters. The molecule has 1 saturated heterocycles. The first-order valence-electron chi connectivity index (χ1n) is 6.93. The fraction of sp³-hybridized carbons (Fsp3) is 0.571.